The monoisotopic (exact) mass is 415 g/mol. The predicted octanol–water partition coefficient (Wildman–Crippen LogP) is 1.97. The van der Waals surface area contributed by atoms with Gasteiger partial charge < -0.3 is 14.0 Å². The molecule has 2 aliphatic heterocycles. The summed E-state index contributed by atoms with van der Waals surface area (Å²) in [7, 11) is 1.65. The molecule has 4 rings (SSSR count). The van der Waals surface area contributed by atoms with Crippen LogP contribution in [-0.4, -0.2) is 96.5 Å². The van der Waals surface area contributed by atoms with Crippen LogP contribution in [0.15, 0.2) is 28.8 Å². The molecular weight excluding hydrogens is 382 g/mol. The second kappa shape index (κ2) is 9.87. The summed E-state index contributed by atoms with van der Waals surface area (Å²) in [5.74, 6) is 1.97. The van der Waals surface area contributed by atoms with Crippen molar-refractivity contribution in [3.63, 3.8) is 0 Å². The lowest BCUT2D eigenvalue weighted by Crippen LogP contribution is -2.53. The molecular formula is C22H33N5O3. The van der Waals surface area contributed by atoms with E-state index in [2.05, 4.69) is 38.7 Å². The van der Waals surface area contributed by atoms with Crippen molar-refractivity contribution in [1.82, 2.24) is 24.8 Å². The average Bonchev–Trinajstić information content (AvgIpc) is 3.23. The number of aromatic nitrogens is 2. The maximum Gasteiger partial charge on any atom is 0.241 e. The minimum Gasteiger partial charge on any atom is -0.496 e. The van der Waals surface area contributed by atoms with Crippen LogP contribution in [0.1, 0.15) is 19.7 Å². The molecule has 1 atom stereocenters. The molecule has 8 heteroatoms. The van der Waals surface area contributed by atoms with E-state index < -0.39 is 0 Å². The number of hydrogen-bond acceptors (Lipinski definition) is 8. The Balaban J connectivity index is 1.26. The fourth-order valence-corrected chi connectivity index (χ4v) is 4.19. The molecule has 2 fully saturated rings. The topological polar surface area (TPSA) is 67.1 Å². The van der Waals surface area contributed by atoms with Crippen LogP contribution in [0.4, 0.5) is 0 Å². The second-order valence-electron chi connectivity index (χ2n) is 8.37. The normalized spacial score (nSPS) is 21.9. The predicted molar refractivity (Wildman–Crippen MR) is 114 cm³/mol. The van der Waals surface area contributed by atoms with Gasteiger partial charge in [-0.2, -0.15) is 4.98 Å². The van der Waals surface area contributed by atoms with Crippen molar-refractivity contribution >= 4 is 0 Å². The average molecular weight is 416 g/mol. The SMILES string of the molecule is COc1ccccc1-c1noc(CN2CCN(CC3CN(C(C)C)CCO3)CC2)n1. The molecule has 3 heterocycles. The Morgan fingerprint density at radius 1 is 1.10 bits per heavy atom. The van der Waals surface area contributed by atoms with Crippen LogP contribution in [0.25, 0.3) is 11.4 Å². The fourth-order valence-electron chi connectivity index (χ4n) is 4.19. The van der Waals surface area contributed by atoms with Gasteiger partial charge in [-0.1, -0.05) is 17.3 Å². The van der Waals surface area contributed by atoms with Gasteiger partial charge in [0.2, 0.25) is 11.7 Å². The highest BCUT2D eigenvalue weighted by molar-refractivity contribution is 5.63. The standard InChI is InChI=1S/C22H33N5O3/c1-17(2)27-12-13-29-18(15-27)14-25-8-10-26(11-9-25)16-21-23-22(24-30-21)19-6-4-5-7-20(19)28-3/h4-7,17-18H,8-16H2,1-3H3. The van der Waals surface area contributed by atoms with Gasteiger partial charge in [-0.3, -0.25) is 14.7 Å². The number of piperazine rings is 1. The first-order chi connectivity index (χ1) is 14.6. The number of rotatable bonds is 7. The molecule has 2 aromatic rings. The Bertz CT molecular complexity index is 804. The Labute approximate surface area is 178 Å². The summed E-state index contributed by atoms with van der Waals surface area (Å²) in [5, 5.41) is 4.15. The quantitative estimate of drug-likeness (QED) is 0.680. The molecule has 0 radical (unpaired) electrons. The van der Waals surface area contributed by atoms with E-state index in [1.165, 1.54) is 0 Å². The van der Waals surface area contributed by atoms with Crippen LogP contribution in [0.5, 0.6) is 5.75 Å². The van der Waals surface area contributed by atoms with Crippen molar-refractivity contribution < 1.29 is 14.0 Å². The lowest BCUT2D eigenvalue weighted by Gasteiger charge is -2.40. The molecule has 30 heavy (non-hydrogen) atoms. The van der Waals surface area contributed by atoms with E-state index in [1.807, 2.05) is 24.3 Å². The lowest BCUT2D eigenvalue weighted by molar-refractivity contribution is -0.0567. The van der Waals surface area contributed by atoms with Gasteiger partial charge >= 0.3 is 0 Å². The number of ether oxygens (including phenoxy) is 2. The van der Waals surface area contributed by atoms with Crippen LogP contribution >= 0.6 is 0 Å². The Kier molecular flexibility index (Phi) is 6.99. The summed E-state index contributed by atoms with van der Waals surface area (Å²) < 4.78 is 16.9. The van der Waals surface area contributed by atoms with E-state index in [1.54, 1.807) is 7.11 Å². The highest BCUT2D eigenvalue weighted by atomic mass is 16.5. The van der Waals surface area contributed by atoms with Crippen molar-refractivity contribution in [2.75, 3.05) is 59.5 Å². The van der Waals surface area contributed by atoms with Crippen LogP contribution in [0.2, 0.25) is 0 Å². The van der Waals surface area contributed by atoms with Crippen LogP contribution in [-0.2, 0) is 11.3 Å². The maximum atomic E-state index is 6.01. The van der Waals surface area contributed by atoms with Crippen molar-refractivity contribution in [2.24, 2.45) is 0 Å². The number of methoxy groups -OCH3 is 1. The van der Waals surface area contributed by atoms with E-state index in [0.29, 0.717) is 30.4 Å². The molecule has 8 nitrogen and oxygen atoms in total. The third kappa shape index (κ3) is 5.18. The third-order valence-electron chi connectivity index (χ3n) is 6.00. The molecule has 2 saturated heterocycles. The van der Waals surface area contributed by atoms with Gasteiger partial charge in [0.15, 0.2) is 0 Å². The van der Waals surface area contributed by atoms with Gasteiger partial charge in [0.05, 0.1) is 31.9 Å². The summed E-state index contributed by atoms with van der Waals surface area (Å²) in [6.07, 6.45) is 0.312. The summed E-state index contributed by atoms with van der Waals surface area (Å²) in [6, 6.07) is 8.31. The zero-order valence-corrected chi connectivity index (χ0v) is 18.3. The molecule has 1 aromatic heterocycles. The van der Waals surface area contributed by atoms with Crippen molar-refractivity contribution in [3.05, 3.63) is 30.2 Å². The molecule has 2 aliphatic rings. The van der Waals surface area contributed by atoms with Crippen LogP contribution in [0, 0.1) is 0 Å². The summed E-state index contributed by atoms with van der Waals surface area (Å²) in [5.41, 5.74) is 0.850. The second-order valence-corrected chi connectivity index (χ2v) is 8.37. The summed E-state index contributed by atoms with van der Waals surface area (Å²) >= 11 is 0. The smallest absolute Gasteiger partial charge is 0.241 e. The molecule has 0 N–H and O–H groups in total. The van der Waals surface area contributed by atoms with E-state index in [4.69, 9.17) is 14.0 Å². The molecule has 0 bridgehead atoms. The molecule has 0 spiro atoms. The Hall–Kier alpha value is -2.00. The highest BCUT2D eigenvalue weighted by Gasteiger charge is 2.26. The minimum absolute atomic E-state index is 0.312. The van der Waals surface area contributed by atoms with E-state index in [0.717, 1.165) is 63.7 Å². The number of benzene rings is 1. The third-order valence-corrected chi connectivity index (χ3v) is 6.00. The van der Waals surface area contributed by atoms with Crippen LogP contribution < -0.4 is 4.74 Å². The van der Waals surface area contributed by atoms with E-state index >= 15 is 0 Å². The molecule has 0 amide bonds. The fraction of sp³-hybridized carbons (Fsp3) is 0.636. The minimum atomic E-state index is 0.312. The first-order valence-corrected chi connectivity index (χ1v) is 10.9. The first-order valence-electron chi connectivity index (χ1n) is 10.9. The van der Waals surface area contributed by atoms with Crippen molar-refractivity contribution in [2.45, 2.75) is 32.5 Å². The largest absolute Gasteiger partial charge is 0.496 e. The van der Waals surface area contributed by atoms with Gasteiger partial charge in [-0.15, -0.1) is 0 Å². The number of nitrogens with zero attached hydrogens (tertiary/aromatic N) is 5. The molecule has 0 aliphatic carbocycles. The molecule has 1 unspecified atom stereocenters. The van der Waals surface area contributed by atoms with E-state index in [-0.39, 0.29) is 0 Å². The van der Waals surface area contributed by atoms with E-state index in [9.17, 15) is 0 Å². The van der Waals surface area contributed by atoms with Crippen LogP contribution in [0.3, 0.4) is 0 Å². The Morgan fingerprint density at radius 3 is 2.63 bits per heavy atom. The Morgan fingerprint density at radius 2 is 1.87 bits per heavy atom. The molecule has 0 saturated carbocycles. The van der Waals surface area contributed by atoms with Gasteiger partial charge in [-0.05, 0) is 26.0 Å². The summed E-state index contributed by atoms with van der Waals surface area (Å²) in [4.78, 5) is 12.0. The van der Waals surface area contributed by atoms with Crippen molar-refractivity contribution in [1.29, 1.82) is 0 Å². The number of para-hydroxylation sites is 1. The first kappa shape index (κ1) is 21.2. The lowest BCUT2D eigenvalue weighted by atomic mass is 10.2. The molecule has 164 valence electrons. The molecule has 1 aromatic carbocycles. The van der Waals surface area contributed by atoms with Gasteiger partial charge in [0, 0.05) is 51.9 Å². The highest BCUT2D eigenvalue weighted by Crippen LogP contribution is 2.27. The zero-order valence-electron chi connectivity index (χ0n) is 18.3. The van der Waals surface area contributed by atoms with Crippen molar-refractivity contribution in [3.8, 4) is 17.1 Å². The number of hydrogen-bond donors (Lipinski definition) is 0. The summed E-state index contributed by atoms with van der Waals surface area (Å²) in [6.45, 7) is 13.2. The van der Waals surface area contributed by atoms with Gasteiger partial charge in [0.25, 0.3) is 0 Å². The van der Waals surface area contributed by atoms with Gasteiger partial charge in [-0.25, -0.2) is 0 Å². The number of morpholine rings is 1. The zero-order chi connectivity index (χ0) is 20.9. The maximum absolute atomic E-state index is 6.01. The van der Waals surface area contributed by atoms with Gasteiger partial charge in [0.1, 0.15) is 5.75 Å².